The fourth-order valence-electron chi connectivity index (χ4n) is 3.06. The highest BCUT2D eigenvalue weighted by Gasteiger charge is 2.23. The van der Waals surface area contributed by atoms with E-state index in [1.54, 1.807) is 25.3 Å². The van der Waals surface area contributed by atoms with Gasteiger partial charge in [-0.25, -0.2) is 0 Å². The lowest BCUT2D eigenvalue weighted by Crippen LogP contribution is -2.16. The van der Waals surface area contributed by atoms with Crippen molar-refractivity contribution in [2.24, 2.45) is 0 Å². The first kappa shape index (κ1) is 24.2. The Kier molecular flexibility index (Phi) is 8.28. The summed E-state index contributed by atoms with van der Waals surface area (Å²) in [4.78, 5) is 12.4. The summed E-state index contributed by atoms with van der Waals surface area (Å²) in [5, 5.41) is 13.0. The number of nitrogens with one attached hydrogen (secondary N) is 1. The van der Waals surface area contributed by atoms with Gasteiger partial charge in [-0.3, -0.25) is 4.79 Å². The van der Waals surface area contributed by atoms with Crippen LogP contribution in [0.5, 0.6) is 11.5 Å². The topological polar surface area (TPSA) is 78.3 Å². The van der Waals surface area contributed by atoms with Crippen LogP contribution in [-0.4, -0.2) is 33.5 Å². The molecule has 0 aliphatic rings. The molecule has 170 valence electrons. The molecule has 1 aromatic heterocycles. The number of halogens is 2. The van der Waals surface area contributed by atoms with Crippen LogP contribution in [0.25, 0.3) is 0 Å². The van der Waals surface area contributed by atoms with Crippen LogP contribution in [-0.2, 0) is 4.79 Å². The quantitative estimate of drug-likeness (QED) is 0.365. The van der Waals surface area contributed by atoms with Crippen LogP contribution in [0, 0.1) is 0 Å². The Hall–Kier alpha value is -2.42. The number of thioether (sulfide) groups is 1. The van der Waals surface area contributed by atoms with Crippen molar-refractivity contribution in [1.82, 2.24) is 14.8 Å². The number of benzene rings is 2. The van der Waals surface area contributed by atoms with Gasteiger partial charge in [0.25, 0.3) is 0 Å². The second kappa shape index (κ2) is 10.9. The van der Waals surface area contributed by atoms with Gasteiger partial charge in [0.1, 0.15) is 0 Å². The zero-order valence-corrected chi connectivity index (χ0v) is 20.5. The molecule has 0 aliphatic heterocycles. The average Bonchev–Trinajstić information content (AvgIpc) is 3.16. The van der Waals surface area contributed by atoms with Gasteiger partial charge in [0.15, 0.2) is 28.6 Å². The maximum Gasteiger partial charge on any atom is 0.234 e. The molecule has 1 heterocycles. The summed E-state index contributed by atoms with van der Waals surface area (Å²) in [6, 6.07) is 12.4. The van der Waals surface area contributed by atoms with Crippen molar-refractivity contribution in [3.63, 3.8) is 0 Å². The summed E-state index contributed by atoms with van der Waals surface area (Å²) in [6.45, 7) is 5.96. The zero-order chi connectivity index (χ0) is 23.3. The molecule has 0 radical (unpaired) electrons. The monoisotopic (exact) mass is 494 g/mol. The maximum atomic E-state index is 12.4. The van der Waals surface area contributed by atoms with E-state index >= 15 is 0 Å². The fourth-order valence-corrected chi connectivity index (χ4v) is 4.46. The van der Waals surface area contributed by atoms with Gasteiger partial charge >= 0.3 is 0 Å². The van der Waals surface area contributed by atoms with Gasteiger partial charge in [0.2, 0.25) is 5.91 Å². The minimum atomic E-state index is -0.377. The number of para-hydroxylation sites is 2. The number of hydrogen-bond acceptors (Lipinski definition) is 6. The Morgan fingerprint density at radius 2 is 1.75 bits per heavy atom. The van der Waals surface area contributed by atoms with Gasteiger partial charge in [-0.15, -0.1) is 10.2 Å². The molecule has 10 heteroatoms. The van der Waals surface area contributed by atoms with E-state index in [4.69, 9.17) is 32.7 Å². The molecule has 1 atom stereocenters. The summed E-state index contributed by atoms with van der Waals surface area (Å²) in [5.41, 5.74) is 0.540. The summed E-state index contributed by atoms with van der Waals surface area (Å²) in [6.07, 6.45) is -0.377. The number of ether oxygens (including phenoxy) is 2. The van der Waals surface area contributed by atoms with Gasteiger partial charge in [-0.1, -0.05) is 47.1 Å². The number of nitrogens with zero attached hydrogens (tertiary/aromatic N) is 3. The van der Waals surface area contributed by atoms with E-state index in [0.717, 1.165) is 0 Å². The number of amides is 1. The van der Waals surface area contributed by atoms with Crippen molar-refractivity contribution in [1.29, 1.82) is 0 Å². The molecule has 1 unspecified atom stereocenters. The summed E-state index contributed by atoms with van der Waals surface area (Å²) in [5.74, 6) is 1.87. The normalized spacial score (nSPS) is 12.0. The van der Waals surface area contributed by atoms with Crippen LogP contribution >= 0.6 is 35.0 Å². The zero-order valence-electron chi connectivity index (χ0n) is 18.1. The predicted molar refractivity (Wildman–Crippen MR) is 128 cm³/mol. The standard InChI is InChI=1S/C22H24Cl2N4O3S/c1-13(2)28-21(14(3)31-19-8-6-5-7-18(19)30-4)26-27-22(28)32-12-20(29)25-17-10-15(23)9-16(24)11-17/h5-11,13-14H,12H2,1-4H3,(H,25,29). The molecule has 3 rings (SSSR count). The molecule has 0 spiro atoms. The highest BCUT2D eigenvalue weighted by atomic mass is 35.5. The second-order valence-electron chi connectivity index (χ2n) is 7.21. The third-order valence-electron chi connectivity index (χ3n) is 4.42. The lowest BCUT2D eigenvalue weighted by atomic mass is 10.3. The van der Waals surface area contributed by atoms with Crippen molar-refractivity contribution >= 4 is 46.6 Å². The number of hydrogen-bond donors (Lipinski definition) is 1. The van der Waals surface area contributed by atoms with E-state index in [-0.39, 0.29) is 23.8 Å². The SMILES string of the molecule is COc1ccccc1OC(C)c1nnc(SCC(=O)Nc2cc(Cl)cc(Cl)c2)n1C(C)C. The lowest BCUT2D eigenvalue weighted by Gasteiger charge is -2.19. The molecule has 0 saturated heterocycles. The molecule has 1 amide bonds. The molecule has 7 nitrogen and oxygen atoms in total. The van der Waals surface area contributed by atoms with Crippen molar-refractivity contribution in [3.05, 3.63) is 58.3 Å². The Morgan fingerprint density at radius 3 is 2.38 bits per heavy atom. The second-order valence-corrected chi connectivity index (χ2v) is 9.03. The first-order valence-corrected chi connectivity index (χ1v) is 11.7. The summed E-state index contributed by atoms with van der Waals surface area (Å²) in [7, 11) is 1.60. The molecule has 0 saturated carbocycles. The van der Waals surface area contributed by atoms with Crippen molar-refractivity contribution in [2.45, 2.75) is 38.1 Å². The maximum absolute atomic E-state index is 12.4. The first-order chi connectivity index (χ1) is 15.3. The minimum Gasteiger partial charge on any atom is -0.493 e. The number of aromatic nitrogens is 3. The third kappa shape index (κ3) is 6.09. The van der Waals surface area contributed by atoms with E-state index < -0.39 is 0 Å². The highest BCUT2D eigenvalue weighted by molar-refractivity contribution is 7.99. The largest absolute Gasteiger partial charge is 0.493 e. The Labute approximate surface area is 201 Å². The van der Waals surface area contributed by atoms with Gasteiger partial charge < -0.3 is 19.4 Å². The van der Waals surface area contributed by atoms with Gasteiger partial charge in [0.05, 0.1) is 12.9 Å². The number of rotatable bonds is 9. The molecule has 1 N–H and O–H groups in total. The van der Waals surface area contributed by atoms with E-state index in [1.165, 1.54) is 11.8 Å². The number of anilines is 1. The molecule has 3 aromatic rings. The van der Waals surface area contributed by atoms with E-state index in [9.17, 15) is 4.79 Å². The molecule has 0 aliphatic carbocycles. The summed E-state index contributed by atoms with van der Waals surface area (Å²) >= 11 is 13.3. The molecular formula is C22H24Cl2N4O3S. The highest BCUT2D eigenvalue weighted by Crippen LogP contribution is 2.32. The van der Waals surface area contributed by atoms with Gasteiger partial charge in [0, 0.05) is 21.8 Å². The predicted octanol–water partition coefficient (Wildman–Crippen LogP) is 6.05. The van der Waals surface area contributed by atoms with Gasteiger partial charge in [-0.05, 0) is 51.1 Å². The van der Waals surface area contributed by atoms with Crippen LogP contribution in [0.2, 0.25) is 10.0 Å². The molecule has 0 bridgehead atoms. The lowest BCUT2D eigenvalue weighted by molar-refractivity contribution is -0.113. The fraction of sp³-hybridized carbons (Fsp3) is 0.318. The Balaban J connectivity index is 1.70. The van der Waals surface area contributed by atoms with Crippen molar-refractivity contribution in [3.8, 4) is 11.5 Å². The number of carbonyl (C=O) groups excluding carboxylic acids is 1. The van der Waals surface area contributed by atoms with Crippen LogP contribution in [0.3, 0.4) is 0 Å². The molecule has 32 heavy (non-hydrogen) atoms. The summed E-state index contributed by atoms with van der Waals surface area (Å²) < 4.78 is 13.4. The van der Waals surface area contributed by atoms with E-state index in [1.807, 2.05) is 49.6 Å². The third-order valence-corrected chi connectivity index (χ3v) is 5.80. The van der Waals surface area contributed by atoms with Crippen LogP contribution in [0.1, 0.15) is 38.7 Å². The van der Waals surface area contributed by atoms with Crippen molar-refractivity contribution in [2.75, 3.05) is 18.2 Å². The molecule has 0 fully saturated rings. The smallest absolute Gasteiger partial charge is 0.234 e. The van der Waals surface area contributed by atoms with Crippen LogP contribution in [0.4, 0.5) is 5.69 Å². The van der Waals surface area contributed by atoms with Crippen LogP contribution < -0.4 is 14.8 Å². The van der Waals surface area contributed by atoms with E-state index in [2.05, 4.69) is 15.5 Å². The van der Waals surface area contributed by atoms with Crippen molar-refractivity contribution < 1.29 is 14.3 Å². The molecule has 2 aromatic carbocycles. The Bertz CT molecular complexity index is 1070. The average molecular weight is 495 g/mol. The molecular weight excluding hydrogens is 471 g/mol. The van der Waals surface area contributed by atoms with E-state index in [0.29, 0.717) is 38.2 Å². The van der Waals surface area contributed by atoms with Gasteiger partial charge in [-0.2, -0.15) is 0 Å². The number of methoxy groups -OCH3 is 1. The minimum absolute atomic E-state index is 0.0704. The van der Waals surface area contributed by atoms with Crippen LogP contribution in [0.15, 0.2) is 47.6 Å². The Morgan fingerprint density at radius 1 is 1.09 bits per heavy atom. The first-order valence-electron chi connectivity index (χ1n) is 9.91. The number of carbonyl (C=O) groups is 1.